The first-order chi connectivity index (χ1) is 5.65. The van der Waals surface area contributed by atoms with E-state index in [9.17, 15) is 3.74 Å². The normalized spacial score (nSPS) is 10.9. The zero-order valence-corrected chi connectivity index (χ0v) is 10.1. The van der Waals surface area contributed by atoms with Crippen LogP contribution in [0.2, 0.25) is 0 Å². The fourth-order valence-corrected chi connectivity index (χ4v) is 2.00. The van der Waals surface area contributed by atoms with Crippen molar-refractivity contribution in [1.29, 1.82) is 0 Å². The standard InChI is InChI=1S/C9H14AsNO/c1-7-6-8(11(2)3)4-5-9(7)10-12/h4-6H,10H2,1-3H3. The average Bonchev–Trinajstić information content (AvgIpc) is 2.04. The predicted molar refractivity (Wildman–Crippen MR) is 54.4 cm³/mol. The van der Waals surface area contributed by atoms with Gasteiger partial charge in [0.2, 0.25) is 0 Å². The fourth-order valence-electron chi connectivity index (χ4n) is 1.07. The second-order valence-electron chi connectivity index (χ2n) is 3.05. The minimum atomic E-state index is -1.39. The van der Waals surface area contributed by atoms with Gasteiger partial charge in [-0.05, 0) is 0 Å². The number of nitrogens with zero attached hydrogens (tertiary/aromatic N) is 1. The Morgan fingerprint density at radius 1 is 1.33 bits per heavy atom. The van der Waals surface area contributed by atoms with Crippen LogP contribution in [-0.4, -0.2) is 29.8 Å². The van der Waals surface area contributed by atoms with Crippen LogP contribution in [0.4, 0.5) is 5.69 Å². The van der Waals surface area contributed by atoms with Gasteiger partial charge in [0.25, 0.3) is 0 Å². The van der Waals surface area contributed by atoms with Crippen LogP contribution in [0.5, 0.6) is 0 Å². The Hall–Kier alpha value is -0.622. The number of benzene rings is 1. The molecule has 2 nitrogen and oxygen atoms in total. The Labute approximate surface area is 79.5 Å². The maximum absolute atomic E-state index is 10.8. The van der Waals surface area contributed by atoms with E-state index in [-0.39, 0.29) is 0 Å². The Morgan fingerprint density at radius 3 is 2.42 bits per heavy atom. The van der Waals surface area contributed by atoms with Crippen LogP contribution in [0.3, 0.4) is 0 Å². The van der Waals surface area contributed by atoms with Crippen LogP contribution in [-0.2, 0) is 3.74 Å². The molecule has 1 atom stereocenters. The Kier molecular flexibility index (Phi) is 3.04. The molecule has 12 heavy (non-hydrogen) atoms. The van der Waals surface area contributed by atoms with Crippen LogP contribution in [0.25, 0.3) is 0 Å². The van der Waals surface area contributed by atoms with Crippen molar-refractivity contribution in [1.82, 2.24) is 0 Å². The first-order valence-corrected chi connectivity index (χ1v) is 6.08. The van der Waals surface area contributed by atoms with Gasteiger partial charge in [0.05, 0.1) is 0 Å². The summed E-state index contributed by atoms with van der Waals surface area (Å²) in [7, 11) is 4.01. The number of hydrogen-bond donors (Lipinski definition) is 0. The molecule has 1 rings (SSSR count). The van der Waals surface area contributed by atoms with Crippen molar-refractivity contribution in [2.24, 2.45) is 0 Å². The summed E-state index contributed by atoms with van der Waals surface area (Å²) in [4.78, 5) is 2.05. The molecule has 0 amide bonds. The van der Waals surface area contributed by atoms with E-state index < -0.39 is 15.7 Å². The third kappa shape index (κ3) is 1.95. The van der Waals surface area contributed by atoms with Gasteiger partial charge in [-0.25, -0.2) is 0 Å². The zero-order valence-electron chi connectivity index (χ0n) is 7.66. The molecule has 0 aliphatic carbocycles. The molecule has 0 N–H and O–H groups in total. The van der Waals surface area contributed by atoms with Gasteiger partial charge in [-0.1, -0.05) is 0 Å². The molecule has 0 radical (unpaired) electrons. The second kappa shape index (κ2) is 3.86. The summed E-state index contributed by atoms with van der Waals surface area (Å²) in [6.07, 6.45) is 0. The van der Waals surface area contributed by atoms with Gasteiger partial charge in [0.15, 0.2) is 0 Å². The maximum atomic E-state index is 10.8. The number of hydrogen-bond acceptors (Lipinski definition) is 2. The Bertz CT molecular complexity index is 297. The van der Waals surface area contributed by atoms with E-state index in [2.05, 4.69) is 6.07 Å². The fraction of sp³-hybridized carbons (Fsp3) is 0.333. The summed E-state index contributed by atoms with van der Waals surface area (Å²) in [6, 6.07) is 6.06. The number of anilines is 1. The SMILES string of the molecule is Cc1cc(N(C)C)ccc1[AsH2]=O. The molecular weight excluding hydrogens is 213 g/mol. The molecule has 1 aromatic carbocycles. The van der Waals surface area contributed by atoms with Crippen LogP contribution in [0.15, 0.2) is 18.2 Å². The molecule has 0 heterocycles. The molecule has 0 aliphatic rings. The Morgan fingerprint density at radius 2 is 2.00 bits per heavy atom. The molecule has 0 bridgehead atoms. The predicted octanol–water partition coefficient (Wildman–Crippen LogP) is 0.201. The Balaban J connectivity index is 3.10. The van der Waals surface area contributed by atoms with E-state index in [1.807, 2.05) is 38.1 Å². The molecule has 66 valence electrons. The molecule has 1 aromatic rings. The topological polar surface area (TPSA) is 20.3 Å². The minimum absolute atomic E-state index is 1.05. The van der Waals surface area contributed by atoms with Gasteiger partial charge in [0, 0.05) is 0 Å². The van der Waals surface area contributed by atoms with Gasteiger partial charge >= 0.3 is 79.2 Å². The monoisotopic (exact) mass is 227 g/mol. The van der Waals surface area contributed by atoms with Gasteiger partial charge in [-0.2, -0.15) is 0 Å². The van der Waals surface area contributed by atoms with E-state index in [1.54, 1.807) is 0 Å². The van der Waals surface area contributed by atoms with E-state index in [4.69, 9.17) is 0 Å². The average molecular weight is 227 g/mol. The summed E-state index contributed by atoms with van der Waals surface area (Å²) >= 11 is -1.39. The number of rotatable bonds is 2. The zero-order chi connectivity index (χ0) is 9.14. The molecule has 1 unspecified atom stereocenters. The molecule has 0 aliphatic heterocycles. The van der Waals surface area contributed by atoms with E-state index in [0.29, 0.717) is 0 Å². The summed E-state index contributed by atoms with van der Waals surface area (Å²) in [5, 5.41) is 0. The van der Waals surface area contributed by atoms with Gasteiger partial charge in [0.1, 0.15) is 0 Å². The molecule has 0 saturated heterocycles. The van der Waals surface area contributed by atoms with Gasteiger partial charge < -0.3 is 0 Å². The van der Waals surface area contributed by atoms with Crippen molar-refractivity contribution >= 4 is 25.7 Å². The summed E-state index contributed by atoms with van der Waals surface area (Å²) in [5.74, 6) is 0. The van der Waals surface area contributed by atoms with Crippen LogP contribution in [0, 0.1) is 6.92 Å². The van der Waals surface area contributed by atoms with Crippen molar-refractivity contribution < 1.29 is 3.74 Å². The summed E-state index contributed by atoms with van der Waals surface area (Å²) in [5.41, 5.74) is 2.32. The first kappa shape index (κ1) is 9.47. The third-order valence-electron chi connectivity index (χ3n) is 1.90. The van der Waals surface area contributed by atoms with Gasteiger partial charge in [-0.15, -0.1) is 0 Å². The third-order valence-corrected chi connectivity index (χ3v) is 3.79. The summed E-state index contributed by atoms with van der Waals surface area (Å²) < 4.78 is 11.8. The summed E-state index contributed by atoms with van der Waals surface area (Å²) in [6.45, 7) is 2.01. The molecule has 0 fully saturated rings. The quantitative estimate of drug-likeness (QED) is 0.673. The van der Waals surface area contributed by atoms with Gasteiger partial charge in [-0.3, -0.25) is 0 Å². The molecule has 0 saturated carbocycles. The van der Waals surface area contributed by atoms with Crippen LogP contribution in [0.1, 0.15) is 5.56 Å². The first-order valence-electron chi connectivity index (χ1n) is 3.88. The van der Waals surface area contributed by atoms with Crippen molar-refractivity contribution in [2.45, 2.75) is 6.92 Å². The van der Waals surface area contributed by atoms with E-state index in [1.165, 1.54) is 5.69 Å². The molecule has 0 spiro atoms. The van der Waals surface area contributed by atoms with E-state index in [0.717, 1.165) is 9.91 Å². The van der Waals surface area contributed by atoms with Crippen molar-refractivity contribution in [2.75, 3.05) is 19.0 Å². The van der Waals surface area contributed by atoms with Crippen LogP contribution >= 0.6 is 0 Å². The molecule has 3 heteroatoms. The molecule has 0 aromatic heterocycles. The number of aryl methyl sites for hydroxylation is 1. The van der Waals surface area contributed by atoms with Crippen molar-refractivity contribution in [3.05, 3.63) is 23.8 Å². The second-order valence-corrected chi connectivity index (χ2v) is 4.85. The van der Waals surface area contributed by atoms with E-state index >= 15 is 0 Å². The van der Waals surface area contributed by atoms with Crippen molar-refractivity contribution in [3.63, 3.8) is 0 Å². The van der Waals surface area contributed by atoms with Crippen LogP contribution < -0.4 is 9.25 Å². The molecular formula is C9H14AsNO. The van der Waals surface area contributed by atoms with Crippen molar-refractivity contribution in [3.8, 4) is 0 Å².